The SMILES string of the molecule is Cc1ccc(-c2sc(-c3ccccc3)nc2CC(=O)OCC(N)=O)cc1. The molecule has 0 spiro atoms. The highest BCUT2D eigenvalue weighted by molar-refractivity contribution is 7.18. The largest absolute Gasteiger partial charge is 0.455 e. The Hall–Kier alpha value is -2.99. The van der Waals surface area contributed by atoms with Crippen LogP contribution in [0.5, 0.6) is 0 Å². The van der Waals surface area contributed by atoms with Crippen LogP contribution in [0, 0.1) is 6.92 Å². The first-order valence-corrected chi connectivity index (χ1v) is 8.90. The number of hydrogen-bond donors (Lipinski definition) is 1. The van der Waals surface area contributed by atoms with Crippen molar-refractivity contribution in [3.05, 3.63) is 65.9 Å². The lowest BCUT2D eigenvalue weighted by molar-refractivity contribution is -0.147. The second-order valence-electron chi connectivity index (χ2n) is 5.83. The van der Waals surface area contributed by atoms with E-state index in [4.69, 9.17) is 10.5 Å². The Bertz CT molecular complexity index is 918. The van der Waals surface area contributed by atoms with Gasteiger partial charge in [-0.2, -0.15) is 0 Å². The number of primary amides is 1. The molecule has 2 aromatic carbocycles. The first-order chi connectivity index (χ1) is 12.5. The predicted molar refractivity (Wildman–Crippen MR) is 102 cm³/mol. The normalized spacial score (nSPS) is 10.5. The molecule has 3 rings (SSSR count). The molecular formula is C20H18N2O3S. The Morgan fingerprint density at radius 3 is 2.38 bits per heavy atom. The number of aromatic nitrogens is 1. The molecule has 2 N–H and O–H groups in total. The van der Waals surface area contributed by atoms with Gasteiger partial charge in [0.25, 0.3) is 5.91 Å². The van der Waals surface area contributed by atoms with Crippen molar-refractivity contribution in [2.24, 2.45) is 5.73 Å². The first kappa shape index (κ1) is 17.8. The molecular weight excluding hydrogens is 348 g/mol. The van der Waals surface area contributed by atoms with Crippen LogP contribution >= 0.6 is 11.3 Å². The summed E-state index contributed by atoms with van der Waals surface area (Å²) >= 11 is 1.53. The number of nitrogens with two attached hydrogens (primary N) is 1. The number of esters is 1. The number of carbonyl (C=O) groups excluding carboxylic acids is 2. The minimum absolute atomic E-state index is 0.0141. The Balaban J connectivity index is 1.95. The number of thiazole rings is 1. The van der Waals surface area contributed by atoms with Gasteiger partial charge in [0.05, 0.1) is 17.0 Å². The van der Waals surface area contributed by atoms with E-state index >= 15 is 0 Å². The van der Waals surface area contributed by atoms with Gasteiger partial charge in [0.1, 0.15) is 5.01 Å². The molecule has 3 aromatic rings. The summed E-state index contributed by atoms with van der Waals surface area (Å²) in [7, 11) is 0. The summed E-state index contributed by atoms with van der Waals surface area (Å²) < 4.78 is 4.88. The molecule has 5 nitrogen and oxygen atoms in total. The summed E-state index contributed by atoms with van der Waals surface area (Å²) in [6, 6.07) is 17.9. The van der Waals surface area contributed by atoms with E-state index in [1.807, 2.05) is 61.5 Å². The maximum absolute atomic E-state index is 12.0. The molecule has 0 unspecified atom stereocenters. The molecule has 6 heteroatoms. The summed E-state index contributed by atoms with van der Waals surface area (Å²) in [6.07, 6.45) is -0.0141. The summed E-state index contributed by atoms with van der Waals surface area (Å²) in [5.74, 6) is -1.21. The Labute approximate surface area is 155 Å². The Morgan fingerprint density at radius 2 is 1.73 bits per heavy atom. The maximum atomic E-state index is 12.0. The van der Waals surface area contributed by atoms with Gasteiger partial charge in [-0.25, -0.2) is 4.98 Å². The molecule has 0 radical (unpaired) electrons. The molecule has 0 saturated heterocycles. The minimum Gasteiger partial charge on any atom is -0.455 e. The van der Waals surface area contributed by atoms with Crippen LogP contribution < -0.4 is 5.73 Å². The third kappa shape index (κ3) is 4.34. The van der Waals surface area contributed by atoms with Crippen molar-refractivity contribution < 1.29 is 14.3 Å². The van der Waals surface area contributed by atoms with Gasteiger partial charge >= 0.3 is 5.97 Å². The molecule has 0 aliphatic rings. The highest BCUT2D eigenvalue weighted by Gasteiger charge is 2.18. The van der Waals surface area contributed by atoms with Gasteiger partial charge in [-0.1, -0.05) is 60.2 Å². The minimum atomic E-state index is -0.680. The van der Waals surface area contributed by atoms with E-state index < -0.39 is 18.5 Å². The zero-order valence-corrected chi connectivity index (χ0v) is 15.1. The van der Waals surface area contributed by atoms with Crippen LogP contribution in [-0.4, -0.2) is 23.5 Å². The van der Waals surface area contributed by atoms with Gasteiger partial charge in [-0.05, 0) is 12.5 Å². The van der Waals surface area contributed by atoms with E-state index in [-0.39, 0.29) is 6.42 Å². The van der Waals surface area contributed by atoms with E-state index in [0.717, 1.165) is 26.6 Å². The number of rotatable bonds is 6. The average Bonchev–Trinajstić information content (AvgIpc) is 3.05. The van der Waals surface area contributed by atoms with Crippen molar-refractivity contribution in [3.63, 3.8) is 0 Å². The topological polar surface area (TPSA) is 82.3 Å². The van der Waals surface area contributed by atoms with Crippen LogP contribution in [0.25, 0.3) is 21.0 Å². The maximum Gasteiger partial charge on any atom is 0.312 e. The molecule has 0 bridgehead atoms. The highest BCUT2D eigenvalue weighted by atomic mass is 32.1. The lowest BCUT2D eigenvalue weighted by Gasteiger charge is -2.04. The van der Waals surface area contributed by atoms with Crippen molar-refractivity contribution in [2.75, 3.05) is 6.61 Å². The molecule has 132 valence electrons. The molecule has 1 heterocycles. The number of benzene rings is 2. The second kappa shape index (κ2) is 7.93. The van der Waals surface area contributed by atoms with Gasteiger partial charge in [-0.3, -0.25) is 9.59 Å². The second-order valence-corrected chi connectivity index (χ2v) is 6.83. The summed E-state index contributed by atoms with van der Waals surface area (Å²) in [6.45, 7) is 1.60. The van der Waals surface area contributed by atoms with Crippen LogP contribution in [-0.2, 0) is 20.7 Å². The monoisotopic (exact) mass is 366 g/mol. The van der Waals surface area contributed by atoms with Crippen LogP contribution in [0.4, 0.5) is 0 Å². The van der Waals surface area contributed by atoms with Crippen LogP contribution in [0.15, 0.2) is 54.6 Å². The molecule has 0 fully saturated rings. The zero-order chi connectivity index (χ0) is 18.5. The summed E-state index contributed by atoms with van der Waals surface area (Å²) in [5.41, 5.74) is 8.79. The smallest absolute Gasteiger partial charge is 0.312 e. The van der Waals surface area contributed by atoms with E-state index in [1.165, 1.54) is 11.3 Å². The fraction of sp³-hybridized carbons (Fsp3) is 0.150. The number of amides is 1. The molecule has 1 aromatic heterocycles. The lowest BCUT2D eigenvalue weighted by Crippen LogP contribution is -2.21. The van der Waals surface area contributed by atoms with Gasteiger partial charge in [-0.15, -0.1) is 11.3 Å². The number of aryl methyl sites for hydroxylation is 1. The van der Waals surface area contributed by atoms with Crippen molar-refractivity contribution in [3.8, 4) is 21.0 Å². The van der Waals surface area contributed by atoms with Gasteiger partial charge in [0.15, 0.2) is 6.61 Å². The summed E-state index contributed by atoms with van der Waals surface area (Å²) in [4.78, 5) is 28.4. The van der Waals surface area contributed by atoms with Crippen LogP contribution in [0.3, 0.4) is 0 Å². The molecule has 0 atom stereocenters. The standard InChI is InChI=1S/C20H18N2O3S/c1-13-7-9-14(10-8-13)19-16(11-18(24)25-12-17(21)23)22-20(26-19)15-5-3-2-4-6-15/h2-10H,11-12H2,1H3,(H2,21,23). The van der Waals surface area contributed by atoms with Crippen molar-refractivity contribution in [1.82, 2.24) is 4.98 Å². The first-order valence-electron chi connectivity index (χ1n) is 8.09. The molecule has 0 aliphatic heterocycles. The van der Waals surface area contributed by atoms with Crippen molar-refractivity contribution in [2.45, 2.75) is 13.3 Å². The predicted octanol–water partition coefficient (Wildman–Crippen LogP) is 3.36. The van der Waals surface area contributed by atoms with Crippen LogP contribution in [0.2, 0.25) is 0 Å². The fourth-order valence-corrected chi connectivity index (χ4v) is 3.54. The number of nitrogens with zero attached hydrogens (tertiary/aromatic N) is 1. The highest BCUT2D eigenvalue weighted by Crippen LogP contribution is 2.36. The Morgan fingerprint density at radius 1 is 1.04 bits per heavy atom. The van der Waals surface area contributed by atoms with Gasteiger partial charge < -0.3 is 10.5 Å². The number of carbonyl (C=O) groups is 2. The van der Waals surface area contributed by atoms with E-state index in [2.05, 4.69) is 4.98 Å². The Kier molecular flexibility index (Phi) is 5.43. The van der Waals surface area contributed by atoms with Crippen LogP contribution in [0.1, 0.15) is 11.3 Å². The van der Waals surface area contributed by atoms with Crippen molar-refractivity contribution in [1.29, 1.82) is 0 Å². The lowest BCUT2D eigenvalue weighted by atomic mass is 10.1. The number of ether oxygens (including phenoxy) is 1. The molecule has 26 heavy (non-hydrogen) atoms. The third-order valence-electron chi connectivity index (χ3n) is 3.72. The summed E-state index contributed by atoms with van der Waals surface area (Å²) in [5, 5.41) is 0.832. The third-order valence-corrected chi connectivity index (χ3v) is 4.91. The fourth-order valence-electron chi connectivity index (χ4n) is 2.45. The van der Waals surface area contributed by atoms with Gasteiger partial charge in [0.2, 0.25) is 0 Å². The quantitative estimate of drug-likeness (QED) is 0.678. The molecule has 0 saturated carbocycles. The molecule has 1 amide bonds. The van der Waals surface area contributed by atoms with Gasteiger partial charge in [0, 0.05) is 5.56 Å². The molecule has 0 aliphatic carbocycles. The average molecular weight is 366 g/mol. The van der Waals surface area contributed by atoms with E-state index in [1.54, 1.807) is 0 Å². The zero-order valence-electron chi connectivity index (χ0n) is 14.3. The number of hydrogen-bond acceptors (Lipinski definition) is 5. The van der Waals surface area contributed by atoms with E-state index in [9.17, 15) is 9.59 Å². The van der Waals surface area contributed by atoms with E-state index in [0.29, 0.717) is 5.69 Å². The van der Waals surface area contributed by atoms with Crippen molar-refractivity contribution >= 4 is 23.2 Å².